The maximum atomic E-state index is 12.1. The summed E-state index contributed by atoms with van der Waals surface area (Å²) in [5, 5.41) is 2.85. The van der Waals surface area contributed by atoms with Gasteiger partial charge in [-0.05, 0) is 62.8 Å². The summed E-state index contributed by atoms with van der Waals surface area (Å²) in [5.41, 5.74) is 2.28. The maximum Gasteiger partial charge on any atom is 0.286 e. The molecule has 1 aromatic heterocycles. The number of aryl methyl sites for hydroxylation is 2. The third-order valence-electron chi connectivity index (χ3n) is 4.39. The Bertz CT molecular complexity index is 733. The van der Waals surface area contributed by atoms with Gasteiger partial charge in [0.2, 0.25) is 0 Å². The molecule has 0 radical (unpaired) electrons. The van der Waals surface area contributed by atoms with E-state index in [1.165, 1.54) is 18.4 Å². The predicted molar refractivity (Wildman–Crippen MR) is 99.4 cm³/mol. The second kappa shape index (κ2) is 8.90. The molecule has 26 heavy (non-hydrogen) atoms. The summed E-state index contributed by atoms with van der Waals surface area (Å²) < 4.78 is 16.9. The number of rotatable bonds is 10. The lowest BCUT2D eigenvalue weighted by Crippen LogP contribution is -2.24. The van der Waals surface area contributed by atoms with E-state index in [9.17, 15) is 4.79 Å². The molecule has 140 valence electrons. The third kappa shape index (κ3) is 5.63. The Hall–Kier alpha value is -2.27. The summed E-state index contributed by atoms with van der Waals surface area (Å²) >= 11 is 0. The molecule has 1 fully saturated rings. The molecule has 5 nitrogen and oxygen atoms in total. The highest BCUT2D eigenvalue weighted by Gasteiger charge is 2.20. The second-order valence-corrected chi connectivity index (χ2v) is 6.95. The first-order chi connectivity index (χ1) is 12.6. The average Bonchev–Trinajstić information content (AvgIpc) is 3.32. The Morgan fingerprint density at radius 3 is 2.85 bits per heavy atom. The number of ether oxygens (including phenoxy) is 2. The first kappa shape index (κ1) is 18.5. The normalized spacial score (nSPS) is 13.6. The maximum absolute atomic E-state index is 12.1. The molecule has 0 atom stereocenters. The first-order valence-electron chi connectivity index (χ1n) is 9.26. The largest absolute Gasteiger partial charge is 0.485 e. The van der Waals surface area contributed by atoms with Crippen LogP contribution >= 0.6 is 0 Å². The lowest BCUT2D eigenvalue weighted by Gasteiger charge is -2.08. The van der Waals surface area contributed by atoms with Gasteiger partial charge in [-0.1, -0.05) is 17.7 Å². The van der Waals surface area contributed by atoms with Gasteiger partial charge in [-0.15, -0.1) is 0 Å². The van der Waals surface area contributed by atoms with Crippen molar-refractivity contribution in [2.45, 2.75) is 39.7 Å². The van der Waals surface area contributed by atoms with Crippen LogP contribution in [-0.4, -0.2) is 25.7 Å². The Balaban J connectivity index is 1.38. The van der Waals surface area contributed by atoms with E-state index < -0.39 is 0 Å². The number of nitrogens with one attached hydrogen (secondary N) is 1. The summed E-state index contributed by atoms with van der Waals surface area (Å²) in [6, 6.07) is 9.49. The molecule has 0 unspecified atom stereocenters. The number of furan rings is 1. The minimum absolute atomic E-state index is 0.204. The number of benzene rings is 1. The first-order valence-corrected chi connectivity index (χ1v) is 9.26. The van der Waals surface area contributed by atoms with E-state index in [0.717, 1.165) is 30.3 Å². The van der Waals surface area contributed by atoms with Crippen LogP contribution in [0.1, 0.15) is 46.7 Å². The monoisotopic (exact) mass is 357 g/mol. The van der Waals surface area contributed by atoms with Crippen molar-refractivity contribution in [3.05, 3.63) is 53.0 Å². The van der Waals surface area contributed by atoms with Gasteiger partial charge in [0, 0.05) is 19.8 Å². The molecule has 3 rings (SSSR count). The predicted octanol–water partition coefficient (Wildman–Crippen LogP) is 4.02. The highest BCUT2D eigenvalue weighted by Crippen LogP contribution is 2.28. The number of hydrogen-bond acceptors (Lipinski definition) is 4. The van der Waals surface area contributed by atoms with Crippen LogP contribution in [0.2, 0.25) is 0 Å². The molecule has 0 spiro atoms. The molecule has 0 bridgehead atoms. The molecule has 1 saturated carbocycles. The van der Waals surface area contributed by atoms with E-state index in [-0.39, 0.29) is 5.91 Å². The van der Waals surface area contributed by atoms with Crippen molar-refractivity contribution in [3.8, 4) is 5.75 Å². The van der Waals surface area contributed by atoms with Gasteiger partial charge in [0.1, 0.15) is 18.1 Å². The van der Waals surface area contributed by atoms with E-state index in [1.807, 2.05) is 26.0 Å². The van der Waals surface area contributed by atoms with Crippen LogP contribution in [0.15, 0.2) is 34.7 Å². The van der Waals surface area contributed by atoms with Crippen LogP contribution in [-0.2, 0) is 11.3 Å². The van der Waals surface area contributed by atoms with Crippen molar-refractivity contribution >= 4 is 5.91 Å². The second-order valence-electron chi connectivity index (χ2n) is 6.95. The van der Waals surface area contributed by atoms with Crippen molar-refractivity contribution in [1.29, 1.82) is 0 Å². The van der Waals surface area contributed by atoms with Gasteiger partial charge >= 0.3 is 0 Å². The smallest absolute Gasteiger partial charge is 0.286 e. The topological polar surface area (TPSA) is 60.7 Å². The number of carbonyl (C=O) groups excluding carboxylic acids is 1. The Kier molecular flexibility index (Phi) is 6.34. The molecule has 1 heterocycles. The van der Waals surface area contributed by atoms with Crippen LogP contribution in [0.4, 0.5) is 0 Å². The SMILES string of the molecule is Cc1ccc(OCc2ccc(C(=O)NCCCOCC3CC3)o2)c(C)c1. The fourth-order valence-electron chi connectivity index (χ4n) is 2.69. The lowest BCUT2D eigenvalue weighted by atomic mass is 10.1. The van der Waals surface area contributed by atoms with Crippen LogP contribution in [0.25, 0.3) is 0 Å². The van der Waals surface area contributed by atoms with Crippen molar-refractivity contribution in [2.24, 2.45) is 5.92 Å². The average molecular weight is 357 g/mol. The minimum atomic E-state index is -0.204. The third-order valence-corrected chi connectivity index (χ3v) is 4.39. The van der Waals surface area contributed by atoms with Gasteiger partial charge in [0.05, 0.1) is 0 Å². The molecule has 1 N–H and O–H groups in total. The van der Waals surface area contributed by atoms with E-state index in [1.54, 1.807) is 12.1 Å². The molecule has 2 aromatic rings. The molecule has 1 aliphatic carbocycles. The summed E-state index contributed by atoms with van der Waals surface area (Å²) in [7, 11) is 0. The Morgan fingerprint density at radius 2 is 2.08 bits per heavy atom. The zero-order chi connectivity index (χ0) is 18.4. The van der Waals surface area contributed by atoms with Crippen molar-refractivity contribution < 1.29 is 18.7 Å². The van der Waals surface area contributed by atoms with Gasteiger partial charge in [0.15, 0.2) is 5.76 Å². The lowest BCUT2D eigenvalue weighted by molar-refractivity contribution is 0.0906. The fourth-order valence-corrected chi connectivity index (χ4v) is 2.69. The highest BCUT2D eigenvalue weighted by molar-refractivity contribution is 5.91. The van der Waals surface area contributed by atoms with Gasteiger partial charge in [-0.3, -0.25) is 4.79 Å². The standard InChI is InChI=1S/C21H27NO4/c1-15-4-8-19(16(2)12-15)25-14-18-7-9-20(26-18)21(23)22-10-3-11-24-13-17-5-6-17/h4,7-9,12,17H,3,5-6,10-11,13-14H2,1-2H3,(H,22,23). The summed E-state index contributed by atoms with van der Waals surface area (Å²) in [5.74, 6) is 2.33. The Morgan fingerprint density at radius 1 is 1.23 bits per heavy atom. The van der Waals surface area contributed by atoms with Gasteiger partial charge in [-0.25, -0.2) is 0 Å². The van der Waals surface area contributed by atoms with Crippen molar-refractivity contribution in [2.75, 3.05) is 19.8 Å². The highest BCUT2D eigenvalue weighted by atomic mass is 16.5. The number of hydrogen-bond donors (Lipinski definition) is 1. The molecule has 0 saturated heterocycles. The van der Waals surface area contributed by atoms with E-state index in [0.29, 0.717) is 31.3 Å². The van der Waals surface area contributed by atoms with Crippen LogP contribution in [0, 0.1) is 19.8 Å². The quantitative estimate of drug-likeness (QED) is 0.653. The van der Waals surface area contributed by atoms with Gasteiger partial charge < -0.3 is 19.2 Å². The van der Waals surface area contributed by atoms with E-state index in [4.69, 9.17) is 13.9 Å². The number of carbonyl (C=O) groups is 1. The van der Waals surface area contributed by atoms with Crippen LogP contribution < -0.4 is 10.1 Å². The minimum Gasteiger partial charge on any atom is -0.485 e. The fraction of sp³-hybridized carbons (Fsp3) is 0.476. The van der Waals surface area contributed by atoms with Crippen molar-refractivity contribution in [1.82, 2.24) is 5.32 Å². The van der Waals surface area contributed by atoms with Gasteiger partial charge in [0.25, 0.3) is 5.91 Å². The Labute approximate surface area is 154 Å². The molecule has 0 aliphatic heterocycles. The summed E-state index contributed by atoms with van der Waals surface area (Å²) in [4.78, 5) is 12.1. The molecule has 1 amide bonds. The van der Waals surface area contributed by atoms with E-state index in [2.05, 4.69) is 11.4 Å². The number of amides is 1. The molecule has 1 aromatic carbocycles. The molecular formula is C21H27NO4. The van der Waals surface area contributed by atoms with E-state index >= 15 is 0 Å². The molecule has 5 heteroatoms. The van der Waals surface area contributed by atoms with Crippen molar-refractivity contribution in [3.63, 3.8) is 0 Å². The summed E-state index contributed by atoms with van der Waals surface area (Å²) in [6.45, 7) is 6.48. The van der Waals surface area contributed by atoms with Crippen LogP contribution in [0.3, 0.4) is 0 Å². The molecule has 1 aliphatic rings. The zero-order valence-corrected chi connectivity index (χ0v) is 15.5. The van der Waals surface area contributed by atoms with Gasteiger partial charge in [-0.2, -0.15) is 0 Å². The molecular weight excluding hydrogens is 330 g/mol. The summed E-state index contributed by atoms with van der Waals surface area (Å²) in [6.07, 6.45) is 3.40. The zero-order valence-electron chi connectivity index (χ0n) is 15.5. The van der Waals surface area contributed by atoms with Crippen LogP contribution in [0.5, 0.6) is 5.75 Å².